The van der Waals surface area contributed by atoms with E-state index in [1.165, 1.54) is 13.0 Å². The summed E-state index contributed by atoms with van der Waals surface area (Å²) in [6, 6.07) is 17.2. The average Bonchev–Trinajstić information content (AvgIpc) is 2.98. The van der Waals surface area contributed by atoms with Crippen LogP contribution in [0, 0.1) is 5.82 Å². The molecule has 2 atom stereocenters. The maximum Gasteiger partial charge on any atom is 0.425 e. The number of hydrogen-bond acceptors (Lipinski definition) is 6. The summed E-state index contributed by atoms with van der Waals surface area (Å²) in [5.74, 6) is -3.65. The third-order valence-electron chi connectivity index (χ3n) is 6.70. The number of ether oxygens (including phenoxy) is 3. The topological polar surface area (TPSA) is 78.9 Å². The lowest BCUT2D eigenvalue weighted by molar-refractivity contribution is -0.206. The van der Waals surface area contributed by atoms with Gasteiger partial charge in [-0.3, -0.25) is 0 Å². The molecule has 230 valence electrons. The van der Waals surface area contributed by atoms with Gasteiger partial charge >= 0.3 is 24.1 Å². The molecule has 0 amide bonds. The minimum atomic E-state index is -4.74. The van der Waals surface area contributed by atoms with Crippen molar-refractivity contribution in [3.63, 3.8) is 0 Å². The first-order chi connectivity index (χ1) is 20.4. The van der Waals surface area contributed by atoms with Gasteiger partial charge in [0.25, 0.3) is 0 Å². The van der Waals surface area contributed by atoms with Crippen LogP contribution in [0.2, 0.25) is 0 Å². The summed E-state index contributed by atoms with van der Waals surface area (Å²) in [6.45, 7) is 5.19. The van der Waals surface area contributed by atoms with Gasteiger partial charge in [-0.1, -0.05) is 68.7 Å². The second kappa shape index (κ2) is 15.3. The maximum atomic E-state index is 14.8. The largest absolute Gasteiger partial charge is 0.463 e. The molecule has 3 aromatic carbocycles. The molecule has 0 bridgehead atoms. The molecule has 0 aliphatic rings. The Morgan fingerprint density at radius 1 is 0.744 bits per heavy atom. The van der Waals surface area contributed by atoms with Crippen molar-refractivity contribution in [3.8, 4) is 22.3 Å². The Kier molecular flexibility index (Phi) is 11.9. The van der Waals surface area contributed by atoms with E-state index >= 15 is 0 Å². The highest BCUT2D eigenvalue weighted by Crippen LogP contribution is 2.30. The lowest BCUT2D eigenvalue weighted by Crippen LogP contribution is -2.34. The predicted molar refractivity (Wildman–Crippen MR) is 153 cm³/mol. The summed E-state index contributed by atoms with van der Waals surface area (Å²) < 4.78 is 69.7. The van der Waals surface area contributed by atoms with E-state index in [1.54, 1.807) is 55.5 Å². The van der Waals surface area contributed by atoms with E-state index < -0.39 is 47.7 Å². The molecule has 0 spiro atoms. The van der Waals surface area contributed by atoms with Gasteiger partial charge in [-0.15, -0.1) is 0 Å². The van der Waals surface area contributed by atoms with Crippen LogP contribution < -0.4 is 0 Å². The Morgan fingerprint density at radius 2 is 1.30 bits per heavy atom. The van der Waals surface area contributed by atoms with Crippen molar-refractivity contribution < 1.29 is 46.2 Å². The molecule has 0 radical (unpaired) electrons. The summed E-state index contributed by atoms with van der Waals surface area (Å²) >= 11 is 0. The lowest BCUT2D eigenvalue weighted by atomic mass is 9.99. The highest BCUT2D eigenvalue weighted by Gasteiger charge is 2.42. The smallest absolute Gasteiger partial charge is 0.425 e. The molecule has 0 aromatic heterocycles. The Labute approximate surface area is 248 Å². The normalized spacial score (nSPS) is 12.7. The molecule has 6 nitrogen and oxygen atoms in total. The number of carbonyl (C=O) groups excluding carboxylic acids is 3. The Morgan fingerprint density at radius 3 is 1.84 bits per heavy atom. The molecule has 0 N–H and O–H groups in total. The van der Waals surface area contributed by atoms with Gasteiger partial charge in [0, 0.05) is 0 Å². The Hall–Kier alpha value is -4.21. The number of halogens is 4. The summed E-state index contributed by atoms with van der Waals surface area (Å²) in [4.78, 5) is 36.4. The van der Waals surface area contributed by atoms with Gasteiger partial charge in [0.15, 0.2) is 12.2 Å². The summed E-state index contributed by atoms with van der Waals surface area (Å²) in [6.07, 6.45) is -6.00. The fourth-order valence-corrected chi connectivity index (χ4v) is 4.29. The van der Waals surface area contributed by atoms with E-state index in [0.29, 0.717) is 17.5 Å². The maximum absolute atomic E-state index is 14.8. The van der Waals surface area contributed by atoms with Crippen molar-refractivity contribution in [1.82, 2.24) is 0 Å². The number of unbranched alkanes of at least 4 members (excludes halogenated alkanes) is 3. The van der Waals surface area contributed by atoms with E-state index in [9.17, 15) is 31.9 Å². The van der Waals surface area contributed by atoms with Crippen molar-refractivity contribution in [2.45, 2.75) is 71.3 Å². The van der Waals surface area contributed by atoms with Crippen molar-refractivity contribution in [1.29, 1.82) is 0 Å². The zero-order valence-corrected chi connectivity index (χ0v) is 24.2. The molecule has 0 unspecified atom stereocenters. The van der Waals surface area contributed by atoms with Crippen molar-refractivity contribution in [2.75, 3.05) is 6.61 Å². The molecular formula is C33H34F4O6. The number of hydrogen-bond donors (Lipinski definition) is 0. The van der Waals surface area contributed by atoms with Crippen molar-refractivity contribution in [3.05, 3.63) is 83.7 Å². The van der Waals surface area contributed by atoms with Gasteiger partial charge in [0.05, 0.1) is 17.7 Å². The van der Waals surface area contributed by atoms with Crippen LogP contribution in [0.5, 0.6) is 0 Å². The van der Waals surface area contributed by atoms with E-state index in [4.69, 9.17) is 9.47 Å². The van der Waals surface area contributed by atoms with Gasteiger partial charge in [-0.25, -0.2) is 18.8 Å². The molecule has 10 heteroatoms. The molecule has 0 saturated heterocycles. The standard InChI is InChI=1S/C33H34F4O6/c1-4-6-7-8-9-29(33(35,36)37)43-32(40)27-19-18-26(20-28(27)34)24-12-10-22(11-13-24)23-14-16-25(17-15-23)31(39)42-21(3)30(38)41-5-2/h10-21,29H,4-9H2,1-3H3/t21-,29-/m0/s1. The van der Waals surface area contributed by atoms with Crippen LogP contribution in [0.1, 0.15) is 73.6 Å². The molecule has 3 aromatic rings. The third-order valence-corrected chi connectivity index (χ3v) is 6.70. The molecule has 0 saturated carbocycles. The minimum Gasteiger partial charge on any atom is -0.463 e. The second-order valence-corrected chi connectivity index (χ2v) is 9.93. The summed E-state index contributed by atoms with van der Waals surface area (Å²) in [5.41, 5.74) is 2.28. The number of alkyl halides is 3. The fourth-order valence-electron chi connectivity index (χ4n) is 4.29. The summed E-state index contributed by atoms with van der Waals surface area (Å²) in [5, 5.41) is 0. The van der Waals surface area contributed by atoms with E-state index in [2.05, 4.69) is 4.74 Å². The SMILES string of the molecule is CCCCCC[C@H](OC(=O)c1ccc(-c2ccc(-c3ccc(C(=O)O[C@@H](C)C(=O)OCC)cc3)cc2)cc1F)C(F)(F)F. The van der Waals surface area contributed by atoms with Crippen molar-refractivity contribution >= 4 is 17.9 Å². The molecule has 0 heterocycles. The van der Waals surface area contributed by atoms with Crippen LogP contribution >= 0.6 is 0 Å². The fraction of sp³-hybridized carbons (Fsp3) is 0.364. The average molecular weight is 603 g/mol. The molecular weight excluding hydrogens is 568 g/mol. The van der Waals surface area contributed by atoms with Crippen LogP contribution in [-0.4, -0.2) is 42.9 Å². The van der Waals surface area contributed by atoms with Crippen LogP contribution in [0.4, 0.5) is 17.6 Å². The van der Waals surface area contributed by atoms with Gasteiger partial charge in [0.2, 0.25) is 0 Å². The second-order valence-electron chi connectivity index (χ2n) is 9.93. The van der Waals surface area contributed by atoms with E-state index in [0.717, 1.165) is 36.1 Å². The Bertz CT molecular complexity index is 1380. The number of rotatable bonds is 13. The minimum absolute atomic E-state index is 0.175. The zero-order chi connectivity index (χ0) is 31.6. The molecule has 43 heavy (non-hydrogen) atoms. The van der Waals surface area contributed by atoms with Gasteiger partial charge < -0.3 is 14.2 Å². The highest BCUT2D eigenvalue weighted by atomic mass is 19.4. The van der Waals surface area contributed by atoms with E-state index in [1.807, 2.05) is 6.92 Å². The quantitative estimate of drug-likeness (QED) is 0.0847. The highest BCUT2D eigenvalue weighted by molar-refractivity contribution is 5.92. The number of carbonyl (C=O) groups is 3. The lowest BCUT2D eigenvalue weighted by Gasteiger charge is -2.21. The van der Waals surface area contributed by atoms with Crippen LogP contribution in [-0.2, 0) is 19.0 Å². The molecule has 0 aliphatic carbocycles. The first-order valence-corrected chi connectivity index (χ1v) is 14.1. The molecule has 0 aliphatic heterocycles. The number of benzene rings is 3. The van der Waals surface area contributed by atoms with Crippen LogP contribution in [0.25, 0.3) is 22.3 Å². The van der Waals surface area contributed by atoms with Gasteiger partial charge in [-0.2, -0.15) is 13.2 Å². The van der Waals surface area contributed by atoms with Crippen LogP contribution in [0.15, 0.2) is 66.7 Å². The first-order valence-electron chi connectivity index (χ1n) is 14.1. The number of esters is 3. The Balaban J connectivity index is 1.67. The monoisotopic (exact) mass is 602 g/mol. The van der Waals surface area contributed by atoms with Crippen LogP contribution in [0.3, 0.4) is 0 Å². The predicted octanol–water partition coefficient (Wildman–Crippen LogP) is 8.33. The first kappa shape index (κ1) is 33.3. The van der Waals surface area contributed by atoms with Crippen molar-refractivity contribution in [2.24, 2.45) is 0 Å². The van der Waals surface area contributed by atoms with Gasteiger partial charge in [-0.05, 0) is 73.2 Å². The molecule has 3 rings (SSSR count). The summed E-state index contributed by atoms with van der Waals surface area (Å²) in [7, 11) is 0. The molecule has 0 fully saturated rings. The van der Waals surface area contributed by atoms with E-state index in [-0.39, 0.29) is 25.0 Å². The zero-order valence-electron chi connectivity index (χ0n) is 24.2. The third kappa shape index (κ3) is 9.39. The van der Waals surface area contributed by atoms with Gasteiger partial charge in [0.1, 0.15) is 5.82 Å².